The molecule has 0 fully saturated rings. The summed E-state index contributed by atoms with van der Waals surface area (Å²) >= 11 is 0. The van der Waals surface area contributed by atoms with E-state index >= 15 is 0 Å². The van der Waals surface area contributed by atoms with Gasteiger partial charge >= 0.3 is 0 Å². The molecule has 0 radical (unpaired) electrons. The molecule has 8 heteroatoms. The Morgan fingerprint density at radius 3 is 2.35 bits per heavy atom. The smallest absolute Gasteiger partial charge is 0.290 e. The molecule has 0 spiro atoms. The number of nitrogens with zero attached hydrogens (tertiary/aromatic N) is 2. The number of carbonyl (C=O) groups is 2. The van der Waals surface area contributed by atoms with Gasteiger partial charge in [0.2, 0.25) is 0 Å². The zero-order valence-corrected chi connectivity index (χ0v) is 17.8. The standard InChI is InChI=1S/C23H23N5O3/c1-5-28-23(31)16-9-7-6-8-15(16)20(27-28)22(30)26-25-21(29)18-11-17-13(3)10-12(2)14(4)19(17)24-18/h6-11,24H,5H2,1-4H3,(H,25,29)(H,26,30). The third kappa shape index (κ3) is 3.46. The topological polar surface area (TPSA) is 109 Å². The van der Waals surface area contributed by atoms with E-state index < -0.39 is 11.8 Å². The van der Waals surface area contributed by atoms with Crippen molar-refractivity contribution in [3.63, 3.8) is 0 Å². The number of fused-ring (bicyclic) bond motifs is 2. The Hall–Kier alpha value is -3.94. The molecule has 2 amide bonds. The van der Waals surface area contributed by atoms with Crippen molar-refractivity contribution in [1.82, 2.24) is 25.6 Å². The number of hydrogen-bond acceptors (Lipinski definition) is 4. The van der Waals surface area contributed by atoms with Gasteiger partial charge in [-0.25, -0.2) is 4.68 Å². The van der Waals surface area contributed by atoms with Crippen LogP contribution in [0.5, 0.6) is 0 Å². The first kappa shape index (κ1) is 20.3. The Balaban J connectivity index is 1.61. The number of hydrogen-bond donors (Lipinski definition) is 3. The largest absolute Gasteiger partial charge is 0.350 e. The number of carbonyl (C=O) groups excluding carboxylic acids is 2. The predicted octanol–water partition coefficient (Wildman–Crippen LogP) is 2.90. The normalized spacial score (nSPS) is 11.1. The Bertz CT molecular complexity index is 1410. The van der Waals surface area contributed by atoms with E-state index in [1.807, 2.05) is 20.8 Å². The van der Waals surface area contributed by atoms with Crippen LogP contribution in [0.1, 0.15) is 44.6 Å². The quantitative estimate of drug-likeness (QED) is 0.445. The molecule has 0 aliphatic carbocycles. The van der Waals surface area contributed by atoms with Gasteiger partial charge in [0, 0.05) is 22.8 Å². The molecule has 0 aliphatic heterocycles. The van der Waals surface area contributed by atoms with Crippen molar-refractivity contribution in [2.24, 2.45) is 0 Å². The minimum atomic E-state index is -0.605. The maximum atomic E-state index is 12.8. The van der Waals surface area contributed by atoms with Crippen LogP contribution in [0.3, 0.4) is 0 Å². The van der Waals surface area contributed by atoms with Gasteiger partial charge in [-0.05, 0) is 56.5 Å². The summed E-state index contributed by atoms with van der Waals surface area (Å²) in [6.45, 7) is 8.11. The molecular formula is C23H23N5O3. The van der Waals surface area contributed by atoms with Gasteiger partial charge in [-0.3, -0.25) is 25.2 Å². The fourth-order valence-electron chi connectivity index (χ4n) is 3.75. The summed E-state index contributed by atoms with van der Waals surface area (Å²) in [5.74, 6) is -1.08. The number of benzene rings is 2. The first-order chi connectivity index (χ1) is 14.8. The summed E-state index contributed by atoms with van der Waals surface area (Å²) in [4.78, 5) is 41.0. The van der Waals surface area contributed by atoms with Crippen molar-refractivity contribution in [2.75, 3.05) is 0 Å². The van der Waals surface area contributed by atoms with E-state index in [2.05, 4.69) is 27.0 Å². The molecule has 0 bridgehead atoms. The SMILES string of the molecule is CCn1nc(C(=O)NNC(=O)c2cc3c(C)cc(C)c(C)c3[nH]2)c2ccccc2c1=O. The fourth-order valence-corrected chi connectivity index (χ4v) is 3.75. The molecule has 2 aromatic heterocycles. The van der Waals surface area contributed by atoms with E-state index in [0.29, 0.717) is 23.0 Å². The van der Waals surface area contributed by atoms with E-state index in [9.17, 15) is 14.4 Å². The Kier molecular flexibility index (Phi) is 5.06. The molecule has 4 rings (SSSR count). The van der Waals surface area contributed by atoms with Crippen LogP contribution in [0.25, 0.3) is 21.7 Å². The number of aromatic amines is 1. The van der Waals surface area contributed by atoms with Crippen LogP contribution < -0.4 is 16.4 Å². The van der Waals surface area contributed by atoms with Crippen LogP contribution in [-0.2, 0) is 6.54 Å². The van der Waals surface area contributed by atoms with Crippen LogP contribution in [0.15, 0.2) is 41.2 Å². The highest BCUT2D eigenvalue weighted by molar-refractivity contribution is 6.06. The van der Waals surface area contributed by atoms with E-state index in [4.69, 9.17) is 0 Å². The van der Waals surface area contributed by atoms with Crippen molar-refractivity contribution in [3.8, 4) is 0 Å². The van der Waals surface area contributed by atoms with E-state index in [1.165, 1.54) is 4.68 Å². The minimum absolute atomic E-state index is 0.0660. The van der Waals surface area contributed by atoms with E-state index in [1.54, 1.807) is 37.3 Å². The van der Waals surface area contributed by atoms with E-state index in [-0.39, 0.29) is 11.3 Å². The molecule has 0 saturated heterocycles. The number of aryl methyl sites for hydroxylation is 4. The average molecular weight is 417 g/mol. The number of amides is 2. The molecule has 0 saturated carbocycles. The molecular weight excluding hydrogens is 394 g/mol. The number of nitrogens with one attached hydrogen (secondary N) is 3. The van der Waals surface area contributed by atoms with Gasteiger partial charge < -0.3 is 4.98 Å². The van der Waals surface area contributed by atoms with Gasteiger partial charge in [0.25, 0.3) is 17.4 Å². The highest BCUT2D eigenvalue weighted by Gasteiger charge is 2.18. The number of rotatable bonds is 3. The lowest BCUT2D eigenvalue weighted by Gasteiger charge is -2.10. The van der Waals surface area contributed by atoms with Crippen LogP contribution in [0, 0.1) is 20.8 Å². The molecule has 2 heterocycles. The number of hydrazine groups is 1. The zero-order chi connectivity index (χ0) is 22.3. The van der Waals surface area contributed by atoms with Crippen molar-refractivity contribution < 1.29 is 9.59 Å². The maximum absolute atomic E-state index is 12.8. The molecule has 31 heavy (non-hydrogen) atoms. The third-order valence-electron chi connectivity index (χ3n) is 5.56. The molecule has 158 valence electrons. The molecule has 0 aliphatic rings. The zero-order valence-electron chi connectivity index (χ0n) is 17.8. The van der Waals surface area contributed by atoms with Crippen molar-refractivity contribution >= 4 is 33.5 Å². The monoisotopic (exact) mass is 417 g/mol. The van der Waals surface area contributed by atoms with Gasteiger partial charge in [0.15, 0.2) is 5.69 Å². The fraction of sp³-hybridized carbons (Fsp3) is 0.217. The second-order valence-electron chi connectivity index (χ2n) is 7.53. The summed E-state index contributed by atoms with van der Waals surface area (Å²) in [5, 5.41) is 5.95. The highest BCUT2D eigenvalue weighted by atomic mass is 16.2. The number of H-pyrrole nitrogens is 1. The first-order valence-electron chi connectivity index (χ1n) is 10.0. The molecule has 3 N–H and O–H groups in total. The second-order valence-corrected chi connectivity index (χ2v) is 7.53. The van der Waals surface area contributed by atoms with Gasteiger partial charge in [-0.1, -0.05) is 24.3 Å². The van der Waals surface area contributed by atoms with E-state index in [0.717, 1.165) is 27.6 Å². The minimum Gasteiger partial charge on any atom is -0.350 e. The van der Waals surface area contributed by atoms with Crippen LogP contribution in [0.2, 0.25) is 0 Å². The molecule has 0 atom stereocenters. The third-order valence-corrected chi connectivity index (χ3v) is 5.56. The van der Waals surface area contributed by atoms with Crippen molar-refractivity contribution in [2.45, 2.75) is 34.2 Å². The van der Waals surface area contributed by atoms with Gasteiger partial charge in [0.05, 0.1) is 5.39 Å². The lowest BCUT2D eigenvalue weighted by atomic mass is 10.0. The summed E-state index contributed by atoms with van der Waals surface area (Å²) in [7, 11) is 0. The summed E-state index contributed by atoms with van der Waals surface area (Å²) in [5.41, 5.74) is 9.15. The maximum Gasteiger partial charge on any atom is 0.290 e. The summed E-state index contributed by atoms with van der Waals surface area (Å²) < 4.78 is 1.23. The van der Waals surface area contributed by atoms with Crippen LogP contribution >= 0.6 is 0 Å². The van der Waals surface area contributed by atoms with Gasteiger partial charge in [-0.15, -0.1) is 0 Å². The first-order valence-corrected chi connectivity index (χ1v) is 10.0. The lowest BCUT2D eigenvalue weighted by Crippen LogP contribution is -2.43. The highest BCUT2D eigenvalue weighted by Crippen LogP contribution is 2.25. The second kappa shape index (κ2) is 7.71. The Morgan fingerprint density at radius 1 is 0.968 bits per heavy atom. The molecule has 4 aromatic rings. The predicted molar refractivity (Wildman–Crippen MR) is 119 cm³/mol. The van der Waals surface area contributed by atoms with Crippen molar-refractivity contribution in [1.29, 1.82) is 0 Å². The Morgan fingerprint density at radius 2 is 1.65 bits per heavy atom. The number of aromatic nitrogens is 3. The summed E-state index contributed by atoms with van der Waals surface area (Å²) in [6.07, 6.45) is 0. The molecule has 8 nitrogen and oxygen atoms in total. The molecule has 2 aromatic carbocycles. The van der Waals surface area contributed by atoms with Crippen LogP contribution in [0.4, 0.5) is 0 Å². The lowest BCUT2D eigenvalue weighted by molar-refractivity contribution is 0.0841. The van der Waals surface area contributed by atoms with Gasteiger partial charge in [-0.2, -0.15) is 5.10 Å². The average Bonchev–Trinajstić information content (AvgIpc) is 3.23. The van der Waals surface area contributed by atoms with Crippen molar-refractivity contribution in [3.05, 3.63) is 74.8 Å². The molecule has 0 unspecified atom stereocenters. The summed E-state index contributed by atoms with van der Waals surface area (Å²) in [6, 6.07) is 10.6. The Labute approximate surface area is 178 Å². The van der Waals surface area contributed by atoms with Gasteiger partial charge in [0.1, 0.15) is 5.69 Å². The van der Waals surface area contributed by atoms with Crippen LogP contribution in [-0.4, -0.2) is 26.6 Å².